The van der Waals surface area contributed by atoms with Crippen LogP contribution in [0.1, 0.15) is 122 Å². The van der Waals surface area contributed by atoms with Crippen LogP contribution in [0.5, 0.6) is 5.75 Å². The summed E-state index contributed by atoms with van der Waals surface area (Å²) in [6, 6.07) is 14.1. The van der Waals surface area contributed by atoms with Gasteiger partial charge in [0.05, 0.1) is 18.8 Å². The molecule has 0 bridgehead atoms. The van der Waals surface area contributed by atoms with Crippen molar-refractivity contribution in [2.24, 2.45) is 0 Å². The molecule has 0 radical (unpaired) electrons. The minimum Gasteiger partial charge on any atom is -0.494 e. The fourth-order valence-electron chi connectivity index (χ4n) is 5.32. The van der Waals surface area contributed by atoms with E-state index in [2.05, 4.69) is 13.0 Å². The molecule has 0 saturated carbocycles. The lowest BCUT2D eigenvalue weighted by Gasteiger charge is -2.30. The number of carbonyl (C=O) groups is 1. The quantitative estimate of drug-likeness (QED) is 0.135. The second-order valence-electron chi connectivity index (χ2n) is 10.8. The molecule has 2 aromatic carbocycles. The highest BCUT2D eigenvalue weighted by Gasteiger charge is 2.25. The minimum atomic E-state index is -0.0964. The Morgan fingerprint density at radius 3 is 2.21 bits per heavy atom. The highest BCUT2D eigenvalue weighted by atomic mass is 35.5. The number of hydrogen-bond donors (Lipinski definition) is 0. The van der Waals surface area contributed by atoms with Crippen molar-refractivity contribution in [3.8, 4) is 16.9 Å². The average Bonchev–Trinajstić information content (AvgIpc) is 2.96. The molecule has 0 aliphatic carbocycles. The smallest absolute Gasteiger partial charge is 0.305 e. The second kappa shape index (κ2) is 18.3. The van der Waals surface area contributed by atoms with Crippen molar-refractivity contribution in [3.05, 3.63) is 53.1 Å². The summed E-state index contributed by atoms with van der Waals surface area (Å²) in [5, 5.41) is 0.714. The Bertz CT molecular complexity index is 958. The Kier molecular flexibility index (Phi) is 14.8. The summed E-state index contributed by atoms with van der Waals surface area (Å²) in [4.78, 5) is 12.3. The van der Waals surface area contributed by atoms with Gasteiger partial charge in [-0.3, -0.25) is 4.79 Å². The van der Waals surface area contributed by atoms with Crippen molar-refractivity contribution in [3.63, 3.8) is 0 Å². The lowest BCUT2D eigenvalue weighted by Crippen LogP contribution is -2.28. The molecule has 1 fully saturated rings. The minimum absolute atomic E-state index is 0.0205. The van der Waals surface area contributed by atoms with E-state index in [-0.39, 0.29) is 18.2 Å². The van der Waals surface area contributed by atoms with Crippen molar-refractivity contribution >= 4 is 17.6 Å². The normalized spacial score (nSPS) is 17.2. The molecule has 0 N–H and O–H groups in total. The van der Waals surface area contributed by atoms with Crippen molar-refractivity contribution in [1.82, 2.24) is 0 Å². The fourth-order valence-corrected chi connectivity index (χ4v) is 5.55. The van der Waals surface area contributed by atoms with Gasteiger partial charge in [-0.2, -0.15) is 0 Å². The summed E-state index contributed by atoms with van der Waals surface area (Å²) in [5.41, 5.74) is 3.15. The third-order valence-electron chi connectivity index (χ3n) is 7.60. The molecule has 0 unspecified atom stereocenters. The first-order valence-corrected chi connectivity index (χ1v) is 15.8. The number of halogens is 1. The molecule has 0 aromatic heterocycles. The van der Waals surface area contributed by atoms with Gasteiger partial charge in [-0.05, 0) is 68.0 Å². The zero-order chi connectivity index (χ0) is 27.7. The first-order valence-electron chi connectivity index (χ1n) is 15.4. The van der Waals surface area contributed by atoms with E-state index in [1.807, 2.05) is 43.3 Å². The lowest BCUT2D eigenvalue weighted by molar-refractivity contribution is -0.152. The van der Waals surface area contributed by atoms with Gasteiger partial charge in [-0.25, -0.2) is 0 Å². The highest BCUT2D eigenvalue weighted by Crippen LogP contribution is 2.36. The number of esters is 1. The Balaban J connectivity index is 1.35. The predicted octanol–water partition coefficient (Wildman–Crippen LogP) is 10.3. The molecule has 39 heavy (non-hydrogen) atoms. The van der Waals surface area contributed by atoms with Crippen molar-refractivity contribution in [2.75, 3.05) is 13.2 Å². The Hall–Kier alpha value is -2.04. The number of ether oxygens (including phenoxy) is 3. The Labute approximate surface area is 241 Å². The third kappa shape index (κ3) is 11.5. The maximum atomic E-state index is 12.3. The summed E-state index contributed by atoms with van der Waals surface area (Å²) in [7, 11) is 0. The molecule has 0 spiro atoms. The molecule has 0 amide bonds. The van der Waals surface area contributed by atoms with E-state index in [1.54, 1.807) is 0 Å². The molecular formula is C34H49ClO4. The van der Waals surface area contributed by atoms with E-state index >= 15 is 0 Å². The second-order valence-corrected chi connectivity index (χ2v) is 11.3. The fraction of sp³-hybridized carbons (Fsp3) is 0.618. The maximum absolute atomic E-state index is 12.3. The maximum Gasteiger partial charge on any atom is 0.305 e. The predicted molar refractivity (Wildman–Crippen MR) is 162 cm³/mol. The highest BCUT2D eigenvalue weighted by molar-refractivity contribution is 6.33. The van der Waals surface area contributed by atoms with Gasteiger partial charge >= 0.3 is 5.97 Å². The van der Waals surface area contributed by atoms with Crippen LogP contribution in [-0.2, 0) is 14.3 Å². The van der Waals surface area contributed by atoms with E-state index in [0.717, 1.165) is 54.5 Å². The first kappa shape index (κ1) is 31.5. The van der Waals surface area contributed by atoms with Crippen molar-refractivity contribution in [2.45, 2.75) is 122 Å². The van der Waals surface area contributed by atoms with Crippen LogP contribution in [0.2, 0.25) is 5.02 Å². The summed E-state index contributed by atoms with van der Waals surface area (Å²) in [5.74, 6) is 0.756. The zero-order valence-corrected chi connectivity index (χ0v) is 25.0. The van der Waals surface area contributed by atoms with E-state index in [0.29, 0.717) is 24.7 Å². The molecule has 1 heterocycles. The lowest BCUT2D eigenvalue weighted by atomic mass is 9.95. The van der Waals surface area contributed by atoms with Crippen LogP contribution in [0.15, 0.2) is 42.5 Å². The monoisotopic (exact) mass is 556 g/mol. The van der Waals surface area contributed by atoms with Gasteiger partial charge in [0.2, 0.25) is 0 Å². The van der Waals surface area contributed by atoms with E-state index < -0.39 is 0 Å². The van der Waals surface area contributed by atoms with E-state index in [9.17, 15) is 4.79 Å². The van der Waals surface area contributed by atoms with Crippen LogP contribution >= 0.6 is 11.6 Å². The molecule has 216 valence electrons. The molecule has 4 nitrogen and oxygen atoms in total. The topological polar surface area (TPSA) is 44.8 Å². The number of hydrogen-bond acceptors (Lipinski definition) is 4. The number of carbonyl (C=O) groups excluding carboxylic acids is 1. The molecular weight excluding hydrogens is 508 g/mol. The molecule has 1 saturated heterocycles. The van der Waals surface area contributed by atoms with Crippen LogP contribution in [-0.4, -0.2) is 25.3 Å². The molecule has 2 atom stereocenters. The van der Waals surface area contributed by atoms with Crippen molar-refractivity contribution < 1.29 is 19.0 Å². The van der Waals surface area contributed by atoms with Gasteiger partial charge in [0.1, 0.15) is 12.4 Å². The number of rotatable bonds is 18. The van der Waals surface area contributed by atoms with Crippen LogP contribution in [0.3, 0.4) is 0 Å². The zero-order valence-electron chi connectivity index (χ0n) is 24.2. The summed E-state index contributed by atoms with van der Waals surface area (Å²) < 4.78 is 17.5. The Morgan fingerprint density at radius 2 is 1.54 bits per heavy atom. The largest absolute Gasteiger partial charge is 0.494 e. The summed E-state index contributed by atoms with van der Waals surface area (Å²) in [6.07, 6.45) is 17.4. The number of unbranched alkanes of at least 4 members (excludes halogenated alkanes) is 10. The summed E-state index contributed by atoms with van der Waals surface area (Å²) >= 11 is 6.56. The van der Waals surface area contributed by atoms with Crippen LogP contribution in [0.4, 0.5) is 0 Å². The van der Waals surface area contributed by atoms with Crippen LogP contribution in [0.25, 0.3) is 11.1 Å². The summed E-state index contributed by atoms with van der Waals surface area (Å²) in [6.45, 7) is 5.22. The molecule has 1 aliphatic rings. The van der Waals surface area contributed by atoms with Crippen LogP contribution < -0.4 is 4.74 Å². The standard InChI is InChI=1S/C34H49ClO4/c1-3-5-6-7-8-9-10-11-12-13-14-18-34(36)38-26-30-16-15-17-33(39-30)28-21-24-32(35)31(25-28)27-19-22-29(23-20-27)37-4-2/h19-25,30,33H,3-18,26H2,1-2H3/t30-,33-/m1/s1. The molecule has 1 aliphatic heterocycles. The average molecular weight is 557 g/mol. The first-order chi connectivity index (χ1) is 19.1. The third-order valence-corrected chi connectivity index (χ3v) is 7.93. The van der Waals surface area contributed by atoms with Gasteiger partial charge in [-0.15, -0.1) is 0 Å². The van der Waals surface area contributed by atoms with Gasteiger partial charge < -0.3 is 14.2 Å². The molecule has 3 rings (SSSR count). The number of benzene rings is 2. The SMILES string of the molecule is CCCCCCCCCCCCCC(=O)OC[C@H]1CCC[C@H](c2ccc(Cl)c(-c3ccc(OCC)cc3)c2)O1. The molecule has 2 aromatic rings. The van der Waals surface area contributed by atoms with E-state index in [1.165, 1.54) is 57.8 Å². The van der Waals surface area contributed by atoms with Gasteiger partial charge in [0, 0.05) is 17.0 Å². The van der Waals surface area contributed by atoms with E-state index in [4.69, 9.17) is 25.8 Å². The molecule has 5 heteroatoms. The Morgan fingerprint density at radius 1 is 0.872 bits per heavy atom. The van der Waals surface area contributed by atoms with Gasteiger partial charge in [0.25, 0.3) is 0 Å². The van der Waals surface area contributed by atoms with Gasteiger partial charge in [-0.1, -0.05) is 101 Å². The van der Waals surface area contributed by atoms with Crippen molar-refractivity contribution in [1.29, 1.82) is 0 Å². The van der Waals surface area contributed by atoms with Crippen LogP contribution in [0, 0.1) is 0 Å². The van der Waals surface area contributed by atoms with Gasteiger partial charge in [0.15, 0.2) is 0 Å².